The first-order valence-electron chi connectivity index (χ1n) is 13.1. The molecule has 2 aliphatic rings. The van der Waals surface area contributed by atoms with Crippen LogP contribution in [0.1, 0.15) is 62.3 Å². The molecule has 5 heteroatoms. The minimum absolute atomic E-state index is 0.0183. The molecule has 0 saturated carbocycles. The fraction of sp³-hybridized carbons (Fsp3) is 0.419. The fourth-order valence-corrected chi connectivity index (χ4v) is 5.87. The van der Waals surface area contributed by atoms with Crippen LogP contribution in [0, 0.1) is 11.8 Å². The van der Waals surface area contributed by atoms with Crippen LogP contribution in [-0.2, 0) is 0 Å². The van der Waals surface area contributed by atoms with Crippen molar-refractivity contribution in [2.75, 3.05) is 19.6 Å². The predicted octanol–water partition coefficient (Wildman–Crippen LogP) is 6.47. The Morgan fingerprint density at radius 2 is 1.47 bits per heavy atom. The van der Waals surface area contributed by atoms with Gasteiger partial charge in [-0.2, -0.15) is 0 Å². The van der Waals surface area contributed by atoms with Crippen LogP contribution in [0.5, 0.6) is 23.0 Å². The molecular weight excluding hydrogens is 450 g/mol. The van der Waals surface area contributed by atoms with Gasteiger partial charge in [-0.25, -0.2) is 0 Å². The Bertz CT molecular complexity index is 1170. The molecule has 36 heavy (non-hydrogen) atoms. The molecule has 0 aromatic heterocycles. The first kappa shape index (κ1) is 24.5. The van der Waals surface area contributed by atoms with Gasteiger partial charge in [0.05, 0.1) is 0 Å². The number of rotatable bonds is 6. The largest absolute Gasteiger partial charge is 0.508 e. The van der Waals surface area contributed by atoms with E-state index in [1.54, 1.807) is 24.3 Å². The van der Waals surface area contributed by atoms with Crippen LogP contribution in [0.15, 0.2) is 66.7 Å². The highest BCUT2D eigenvalue weighted by molar-refractivity contribution is 5.48. The standard InChI is InChI=1S/C31H37NO4/c1-19-16-32(17-20(19)2)18-21(3)35-27-12-7-24(8-13-27)31-30(23-5-9-25(33)10-6-23)22(4)28-15-26(34)11-14-29(28)36-31/h5-15,19-22,30-31,33-34H,16-18H2,1-4H3/t19-,20+,21-,22-,30-,31+/m1/s1. The molecule has 0 bridgehead atoms. The van der Waals surface area contributed by atoms with Crippen molar-refractivity contribution in [1.29, 1.82) is 0 Å². The second-order valence-corrected chi connectivity index (χ2v) is 10.8. The smallest absolute Gasteiger partial charge is 0.131 e. The zero-order valence-corrected chi connectivity index (χ0v) is 21.6. The molecule has 5 rings (SSSR count). The van der Waals surface area contributed by atoms with E-state index in [0.29, 0.717) is 0 Å². The number of hydrogen-bond donors (Lipinski definition) is 2. The van der Waals surface area contributed by atoms with Crippen LogP contribution >= 0.6 is 0 Å². The van der Waals surface area contributed by atoms with E-state index >= 15 is 0 Å². The third kappa shape index (κ3) is 5.03. The van der Waals surface area contributed by atoms with Crippen LogP contribution in [0.4, 0.5) is 0 Å². The molecule has 2 aliphatic heterocycles. The van der Waals surface area contributed by atoms with E-state index in [2.05, 4.69) is 44.7 Å². The number of phenols is 2. The second kappa shape index (κ2) is 10.1. The summed E-state index contributed by atoms with van der Waals surface area (Å²) in [5.74, 6) is 3.74. The Morgan fingerprint density at radius 1 is 0.861 bits per heavy atom. The maximum absolute atomic E-state index is 10.1. The number of benzene rings is 3. The lowest BCUT2D eigenvalue weighted by Gasteiger charge is -2.39. The van der Waals surface area contributed by atoms with Gasteiger partial charge in [0.2, 0.25) is 0 Å². The zero-order chi connectivity index (χ0) is 25.4. The average molecular weight is 488 g/mol. The molecule has 0 unspecified atom stereocenters. The second-order valence-electron chi connectivity index (χ2n) is 10.8. The van der Waals surface area contributed by atoms with Crippen molar-refractivity contribution in [3.63, 3.8) is 0 Å². The number of aromatic hydroxyl groups is 2. The molecule has 0 amide bonds. The van der Waals surface area contributed by atoms with Crippen molar-refractivity contribution in [2.45, 2.75) is 51.7 Å². The van der Waals surface area contributed by atoms with Gasteiger partial charge >= 0.3 is 0 Å². The van der Waals surface area contributed by atoms with Crippen LogP contribution < -0.4 is 9.47 Å². The van der Waals surface area contributed by atoms with E-state index < -0.39 is 0 Å². The maximum Gasteiger partial charge on any atom is 0.131 e. The Balaban J connectivity index is 1.36. The fourth-order valence-electron chi connectivity index (χ4n) is 5.87. The first-order valence-corrected chi connectivity index (χ1v) is 13.1. The van der Waals surface area contributed by atoms with E-state index in [-0.39, 0.29) is 35.5 Å². The van der Waals surface area contributed by atoms with Crippen molar-refractivity contribution in [3.8, 4) is 23.0 Å². The van der Waals surface area contributed by atoms with Crippen molar-refractivity contribution < 1.29 is 19.7 Å². The molecule has 3 aromatic rings. The van der Waals surface area contributed by atoms with Crippen LogP contribution in [-0.4, -0.2) is 40.9 Å². The summed E-state index contributed by atoms with van der Waals surface area (Å²) in [5.41, 5.74) is 3.15. The van der Waals surface area contributed by atoms with Gasteiger partial charge in [0.15, 0.2) is 0 Å². The maximum atomic E-state index is 10.1. The Labute approximate surface area is 214 Å². The first-order chi connectivity index (χ1) is 17.3. The predicted molar refractivity (Wildman–Crippen MR) is 142 cm³/mol. The van der Waals surface area contributed by atoms with Crippen LogP contribution in [0.25, 0.3) is 0 Å². The van der Waals surface area contributed by atoms with E-state index in [1.807, 2.05) is 30.3 Å². The van der Waals surface area contributed by atoms with E-state index in [1.165, 1.54) is 0 Å². The SMILES string of the molecule is C[C@H](CN1C[C@@H](C)[C@@H](C)C1)Oc1ccc([C@@H]2Oc3ccc(O)cc3[C@@H](C)[C@@H]2c2ccc(O)cc2)cc1. The van der Waals surface area contributed by atoms with Gasteiger partial charge in [-0.1, -0.05) is 45.0 Å². The summed E-state index contributed by atoms with van der Waals surface area (Å²) in [6.45, 7) is 12.2. The number of phenolic OH excluding ortho intramolecular Hbond substituents is 2. The lowest BCUT2D eigenvalue weighted by atomic mass is 9.75. The molecule has 0 aliphatic carbocycles. The van der Waals surface area contributed by atoms with Crippen molar-refractivity contribution >= 4 is 0 Å². The molecule has 2 heterocycles. The minimum atomic E-state index is -0.208. The third-order valence-corrected chi connectivity index (χ3v) is 8.01. The van der Waals surface area contributed by atoms with Gasteiger partial charge in [-0.3, -0.25) is 4.90 Å². The van der Waals surface area contributed by atoms with Gasteiger partial charge in [0, 0.05) is 31.1 Å². The summed E-state index contributed by atoms with van der Waals surface area (Å²) in [7, 11) is 0. The Kier molecular flexibility index (Phi) is 6.85. The van der Waals surface area contributed by atoms with Crippen LogP contribution in [0.3, 0.4) is 0 Å². The normalized spacial score (nSPS) is 26.7. The van der Waals surface area contributed by atoms with Gasteiger partial charge in [0.1, 0.15) is 35.2 Å². The van der Waals surface area contributed by atoms with Crippen molar-refractivity contribution in [3.05, 3.63) is 83.4 Å². The average Bonchev–Trinajstić information content (AvgIpc) is 3.16. The highest BCUT2D eigenvalue weighted by Gasteiger charge is 2.38. The zero-order valence-electron chi connectivity index (χ0n) is 21.6. The number of likely N-dealkylation sites (tertiary alicyclic amines) is 1. The molecule has 1 fully saturated rings. The van der Waals surface area contributed by atoms with Crippen molar-refractivity contribution in [1.82, 2.24) is 4.90 Å². The van der Waals surface area contributed by atoms with Crippen molar-refractivity contribution in [2.24, 2.45) is 11.8 Å². The quantitative estimate of drug-likeness (QED) is 0.417. The topological polar surface area (TPSA) is 62.2 Å². The molecule has 5 nitrogen and oxygen atoms in total. The van der Waals surface area contributed by atoms with Gasteiger partial charge < -0.3 is 19.7 Å². The Hall–Kier alpha value is -3.18. The molecule has 2 N–H and O–H groups in total. The van der Waals surface area contributed by atoms with Crippen LogP contribution in [0.2, 0.25) is 0 Å². The number of ether oxygens (including phenoxy) is 2. The number of fused-ring (bicyclic) bond motifs is 1. The highest BCUT2D eigenvalue weighted by Crippen LogP contribution is 2.51. The molecule has 0 radical (unpaired) electrons. The summed E-state index contributed by atoms with van der Waals surface area (Å²) >= 11 is 0. The Morgan fingerprint density at radius 3 is 2.14 bits per heavy atom. The highest BCUT2D eigenvalue weighted by atomic mass is 16.5. The molecule has 0 spiro atoms. The minimum Gasteiger partial charge on any atom is -0.508 e. The summed E-state index contributed by atoms with van der Waals surface area (Å²) < 4.78 is 12.8. The summed E-state index contributed by atoms with van der Waals surface area (Å²) in [6, 6.07) is 20.9. The van der Waals surface area contributed by atoms with E-state index in [0.717, 1.165) is 59.7 Å². The van der Waals surface area contributed by atoms with Gasteiger partial charge in [0.25, 0.3) is 0 Å². The molecule has 6 atom stereocenters. The molecule has 3 aromatic carbocycles. The summed E-state index contributed by atoms with van der Waals surface area (Å²) in [6.07, 6.45) is -0.0933. The monoisotopic (exact) mass is 487 g/mol. The molecular formula is C31H37NO4. The lowest BCUT2D eigenvalue weighted by molar-refractivity contribution is 0.136. The van der Waals surface area contributed by atoms with Gasteiger partial charge in [-0.15, -0.1) is 0 Å². The molecule has 190 valence electrons. The summed E-state index contributed by atoms with van der Waals surface area (Å²) in [5, 5.41) is 19.9. The summed E-state index contributed by atoms with van der Waals surface area (Å²) in [4.78, 5) is 2.50. The van der Waals surface area contributed by atoms with E-state index in [4.69, 9.17) is 9.47 Å². The number of hydrogen-bond acceptors (Lipinski definition) is 5. The number of nitrogens with zero attached hydrogens (tertiary/aromatic N) is 1. The lowest BCUT2D eigenvalue weighted by Crippen LogP contribution is -2.32. The molecule has 1 saturated heterocycles. The third-order valence-electron chi connectivity index (χ3n) is 8.01. The van der Waals surface area contributed by atoms with Gasteiger partial charge in [-0.05, 0) is 78.3 Å². The van der Waals surface area contributed by atoms with E-state index in [9.17, 15) is 10.2 Å².